The number of hydrogen-bond acceptors (Lipinski definition) is 3. The van der Waals surface area contributed by atoms with Gasteiger partial charge in [-0.2, -0.15) is 0 Å². The Morgan fingerprint density at radius 2 is 2.35 bits per heavy atom. The maximum atomic E-state index is 12.3. The maximum Gasteiger partial charge on any atom is 0.255 e. The lowest BCUT2D eigenvalue weighted by Crippen LogP contribution is -2.53. The van der Waals surface area contributed by atoms with Crippen molar-refractivity contribution in [3.05, 3.63) is 30.1 Å². The summed E-state index contributed by atoms with van der Waals surface area (Å²) in [5, 5.41) is 0. The third-order valence-electron chi connectivity index (χ3n) is 3.33. The van der Waals surface area contributed by atoms with E-state index in [1.54, 1.807) is 18.5 Å². The number of rotatable bonds is 2. The van der Waals surface area contributed by atoms with Crippen molar-refractivity contribution in [3.8, 4) is 0 Å². The van der Waals surface area contributed by atoms with E-state index < -0.39 is 0 Å². The summed E-state index contributed by atoms with van der Waals surface area (Å²) in [5.41, 5.74) is 0.685. The van der Waals surface area contributed by atoms with Crippen LogP contribution in [0.5, 0.6) is 0 Å². The summed E-state index contributed by atoms with van der Waals surface area (Å²) >= 11 is 0. The van der Waals surface area contributed by atoms with E-state index in [0.717, 1.165) is 26.2 Å². The van der Waals surface area contributed by atoms with Gasteiger partial charge in [-0.15, -0.1) is 0 Å². The zero-order valence-electron chi connectivity index (χ0n) is 10.5. The zero-order chi connectivity index (χ0) is 12.3. The first-order valence-corrected chi connectivity index (χ1v) is 6.15. The smallest absolute Gasteiger partial charge is 0.255 e. The molecule has 1 atom stereocenters. The van der Waals surface area contributed by atoms with Crippen LogP contribution >= 0.6 is 0 Å². The van der Waals surface area contributed by atoms with Crippen molar-refractivity contribution in [2.24, 2.45) is 0 Å². The van der Waals surface area contributed by atoms with Crippen LogP contribution in [0.2, 0.25) is 0 Å². The van der Waals surface area contributed by atoms with Crippen molar-refractivity contribution >= 4 is 5.91 Å². The maximum absolute atomic E-state index is 12.3. The molecular weight excluding hydrogens is 214 g/mol. The Kier molecular flexibility index (Phi) is 3.74. The molecule has 0 bridgehead atoms. The second-order valence-electron chi connectivity index (χ2n) is 4.48. The highest BCUT2D eigenvalue weighted by atomic mass is 16.2. The Morgan fingerprint density at radius 1 is 1.53 bits per heavy atom. The summed E-state index contributed by atoms with van der Waals surface area (Å²) in [4.78, 5) is 20.6. The quantitative estimate of drug-likeness (QED) is 0.771. The number of nitrogens with zero attached hydrogens (tertiary/aromatic N) is 3. The van der Waals surface area contributed by atoms with Crippen LogP contribution in [0, 0.1) is 0 Å². The van der Waals surface area contributed by atoms with Crippen molar-refractivity contribution in [1.29, 1.82) is 0 Å². The fourth-order valence-electron chi connectivity index (χ4n) is 2.28. The Morgan fingerprint density at radius 3 is 2.94 bits per heavy atom. The van der Waals surface area contributed by atoms with E-state index in [0.29, 0.717) is 5.56 Å². The highest BCUT2D eigenvalue weighted by Crippen LogP contribution is 2.13. The second-order valence-corrected chi connectivity index (χ2v) is 4.48. The van der Waals surface area contributed by atoms with Gasteiger partial charge in [0.15, 0.2) is 0 Å². The summed E-state index contributed by atoms with van der Waals surface area (Å²) in [6, 6.07) is 3.91. The molecule has 2 heterocycles. The third kappa shape index (κ3) is 2.64. The van der Waals surface area contributed by atoms with Crippen LogP contribution in [-0.4, -0.2) is 52.9 Å². The number of carbonyl (C=O) groups excluding carboxylic acids is 1. The predicted molar refractivity (Wildman–Crippen MR) is 66.8 cm³/mol. The third-order valence-corrected chi connectivity index (χ3v) is 3.33. The van der Waals surface area contributed by atoms with E-state index in [9.17, 15) is 4.79 Å². The lowest BCUT2D eigenvalue weighted by molar-refractivity contribution is 0.0499. The predicted octanol–water partition coefficient (Wildman–Crippen LogP) is 1.25. The molecule has 0 radical (unpaired) electrons. The Bertz CT molecular complexity index is 380. The number of likely N-dealkylation sites (N-methyl/N-ethyl adjacent to an activating group) is 1. The van der Waals surface area contributed by atoms with Gasteiger partial charge in [0.05, 0.1) is 5.56 Å². The van der Waals surface area contributed by atoms with Crippen LogP contribution in [0.3, 0.4) is 0 Å². The van der Waals surface area contributed by atoms with E-state index in [4.69, 9.17) is 0 Å². The van der Waals surface area contributed by atoms with Gasteiger partial charge in [0, 0.05) is 38.1 Å². The Hall–Kier alpha value is -1.42. The Balaban J connectivity index is 2.06. The first-order valence-electron chi connectivity index (χ1n) is 6.15. The highest BCUT2D eigenvalue weighted by Gasteiger charge is 2.27. The Labute approximate surface area is 102 Å². The summed E-state index contributed by atoms with van der Waals surface area (Å²) in [7, 11) is 0. The first-order chi connectivity index (χ1) is 8.22. The molecule has 1 aliphatic rings. The van der Waals surface area contributed by atoms with Gasteiger partial charge in [0.1, 0.15) is 0 Å². The van der Waals surface area contributed by atoms with Gasteiger partial charge in [-0.1, -0.05) is 6.92 Å². The molecule has 1 aromatic heterocycles. The SMILES string of the molecule is CCN1CCN(C(=O)c2cccnc2)[C@@H](C)C1. The summed E-state index contributed by atoms with van der Waals surface area (Å²) < 4.78 is 0. The molecule has 0 aromatic carbocycles. The van der Waals surface area contributed by atoms with Crippen LogP contribution in [-0.2, 0) is 0 Å². The first kappa shape index (κ1) is 12.0. The van der Waals surface area contributed by atoms with Crippen LogP contribution in [0.25, 0.3) is 0 Å². The largest absolute Gasteiger partial charge is 0.333 e. The van der Waals surface area contributed by atoms with Crippen molar-refractivity contribution in [1.82, 2.24) is 14.8 Å². The molecule has 0 N–H and O–H groups in total. The molecule has 1 aliphatic heterocycles. The number of aromatic nitrogens is 1. The molecule has 1 amide bonds. The van der Waals surface area contributed by atoms with Gasteiger partial charge in [-0.3, -0.25) is 14.7 Å². The number of carbonyl (C=O) groups is 1. The minimum Gasteiger partial charge on any atom is -0.333 e. The van der Waals surface area contributed by atoms with Crippen molar-refractivity contribution in [2.45, 2.75) is 19.9 Å². The van der Waals surface area contributed by atoms with E-state index in [2.05, 4.69) is 23.7 Å². The molecule has 4 nitrogen and oxygen atoms in total. The molecule has 2 rings (SSSR count). The van der Waals surface area contributed by atoms with Crippen molar-refractivity contribution < 1.29 is 4.79 Å². The molecule has 1 aromatic rings. The normalized spacial score (nSPS) is 21.5. The topological polar surface area (TPSA) is 36.4 Å². The number of piperazine rings is 1. The molecule has 4 heteroatoms. The fraction of sp³-hybridized carbons (Fsp3) is 0.538. The fourth-order valence-corrected chi connectivity index (χ4v) is 2.28. The number of hydrogen-bond donors (Lipinski definition) is 0. The van der Waals surface area contributed by atoms with Gasteiger partial charge in [0.2, 0.25) is 0 Å². The van der Waals surface area contributed by atoms with E-state index in [1.807, 2.05) is 11.0 Å². The zero-order valence-corrected chi connectivity index (χ0v) is 10.5. The number of pyridine rings is 1. The van der Waals surface area contributed by atoms with Crippen molar-refractivity contribution in [2.75, 3.05) is 26.2 Å². The van der Waals surface area contributed by atoms with Crippen molar-refractivity contribution in [3.63, 3.8) is 0 Å². The monoisotopic (exact) mass is 233 g/mol. The van der Waals surface area contributed by atoms with Crippen LogP contribution in [0.15, 0.2) is 24.5 Å². The summed E-state index contributed by atoms with van der Waals surface area (Å²) in [6.45, 7) is 8.05. The van der Waals surface area contributed by atoms with Crippen LogP contribution in [0.1, 0.15) is 24.2 Å². The van der Waals surface area contributed by atoms with Crippen LogP contribution < -0.4 is 0 Å². The molecule has 17 heavy (non-hydrogen) atoms. The molecule has 0 aliphatic carbocycles. The minimum absolute atomic E-state index is 0.0985. The molecule has 0 saturated carbocycles. The molecule has 0 unspecified atom stereocenters. The molecule has 92 valence electrons. The molecule has 0 spiro atoms. The lowest BCUT2D eigenvalue weighted by atomic mass is 10.1. The van der Waals surface area contributed by atoms with Gasteiger partial charge < -0.3 is 4.90 Å². The lowest BCUT2D eigenvalue weighted by Gasteiger charge is -2.39. The van der Waals surface area contributed by atoms with E-state index >= 15 is 0 Å². The van der Waals surface area contributed by atoms with Gasteiger partial charge >= 0.3 is 0 Å². The van der Waals surface area contributed by atoms with Gasteiger partial charge in [-0.25, -0.2) is 0 Å². The highest BCUT2D eigenvalue weighted by molar-refractivity contribution is 5.94. The molecular formula is C13H19N3O. The number of amides is 1. The minimum atomic E-state index is 0.0985. The second kappa shape index (κ2) is 5.27. The molecule has 1 fully saturated rings. The average Bonchev–Trinajstić information content (AvgIpc) is 2.39. The van der Waals surface area contributed by atoms with Gasteiger partial charge in [-0.05, 0) is 25.6 Å². The summed E-state index contributed by atoms with van der Waals surface area (Å²) in [5.74, 6) is 0.0985. The average molecular weight is 233 g/mol. The summed E-state index contributed by atoms with van der Waals surface area (Å²) in [6.07, 6.45) is 3.33. The van der Waals surface area contributed by atoms with Crippen LogP contribution in [0.4, 0.5) is 0 Å². The van der Waals surface area contributed by atoms with Gasteiger partial charge in [0.25, 0.3) is 5.91 Å². The van der Waals surface area contributed by atoms with E-state index in [1.165, 1.54) is 0 Å². The molecule has 1 saturated heterocycles. The van der Waals surface area contributed by atoms with E-state index in [-0.39, 0.29) is 11.9 Å². The standard InChI is InChI=1S/C13H19N3O/c1-3-15-7-8-16(11(2)10-15)13(17)12-5-4-6-14-9-12/h4-6,9,11H,3,7-8,10H2,1-2H3/t11-/m0/s1.